The number of thiol groups is 1. The zero-order valence-corrected chi connectivity index (χ0v) is 12.4. The predicted molar refractivity (Wildman–Crippen MR) is 76.9 cm³/mol. The number of aryl methyl sites for hydroxylation is 1. The van der Waals surface area contributed by atoms with Gasteiger partial charge in [0.05, 0.1) is 12.7 Å². The second-order valence-corrected chi connectivity index (χ2v) is 3.20. The minimum Gasteiger partial charge on any atom is -0.465 e. The van der Waals surface area contributed by atoms with E-state index in [-0.39, 0.29) is 5.97 Å². The third-order valence-electron chi connectivity index (χ3n) is 1.79. The van der Waals surface area contributed by atoms with E-state index in [2.05, 4.69) is 17.4 Å². The molecule has 0 aliphatic rings. The van der Waals surface area contributed by atoms with Crippen molar-refractivity contribution in [3.63, 3.8) is 0 Å². The van der Waals surface area contributed by atoms with E-state index in [9.17, 15) is 4.79 Å². The van der Waals surface area contributed by atoms with Crippen LogP contribution in [-0.4, -0.2) is 13.1 Å². The third kappa shape index (κ3) is 5.63. The number of methoxy groups -OCH3 is 1. The van der Waals surface area contributed by atoms with Gasteiger partial charge in [-0.1, -0.05) is 27.7 Å². The Hall–Kier alpha value is -1.16. The number of carbonyl (C=O) groups is 1. The third-order valence-corrected chi connectivity index (χ3v) is 2.16. The number of rotatable bonds is 1. The van der Waals surface area contributed by atoms with E-state index >= 15 is 0 Å². The lowest BCUT2D eigenvalue weighted by Gasteiger charge is -2.06. The molecule has 0 unspecified atom stereocenters. The van der Waals surface area contributed by atoms with Gasteiger partial charge in [-0.3, -0.25) is 0 Å². The molecule has 0 aliphatic carbocycles. The topological polar surface area (TPSA) is 52.3 Å². The fraction of sp³-hybridized carbons (Fsp3) is 0.462. The number of benzene rings is 1. The summed E-state index contributed by atoms with van der Waals surface area (Å²) in [5, 5.41) is 0. The maximum Gasteiger partial charge on any atom is 0.337 e. The molecule has 1 rings (SSSR count). The Morgan fingerprint density at radius 1 is 1.24 bits per heavy atom. The molecule has 0 heterocycles. The molecular weight excluding hydrogens is 234 g/mol. The van der Waals surface area contributed by atoms with E-state index in [1.807, 2.05) is 34.6 Å². The molecule has 0 aliphatic heterocycles. The molecule has 0 spiro atoms. The van der Waals surface area contributed by atoms with Gasteiger partial charge in [-0.2, -0.15) is 0 Å². The van der Waals surface area contributed by atoms with Gasteiger partial charge in [-0.25, -0.2) is 4.79 Å². The molecule has 1 aromatic rings. The Morgan fingerprint density at radius 3 is 2.06 bits per heavy atom. The molecule has 3 nitrogen and oxygen atoms in total. The van der Waals surface area contributed by atoms with Gasteiger partial charge < -0.3 is 10.5 Å². The zero-order chi connectivity index (χ0) is 14.0. The molecule has 0 radical (unpaired) electrons. The molecule has 0 bridgehead atoms. The molecule has 0 saturated carbocycles. The van der Waals surface area contributed by atoms with Crippen LogP contribution in [-0.2, 0) is 4.74 Å². The molecule has 2 N–H and O–H groups in total. The number of nitrogen functional groups attached to an aromatic ring is 1. The van der Waals surface area contributed by atoms with Crippen molar-refractivity contribution < 1.29 is 9.53 Å². The van der Waals surface area contributed by atoms with Crippen molar-refractivity contribution in [2.24, 2.45) is 0 Å². The average Bonchev–Trinajstić information content (AvgIpc) is 2.39. The minimum absolute atomic E-state index is 0.376. The monoisotopic (exact) mass is 257 g/mol. The zero-order valence-electron chi connectivity index (χ0n) is 11.5. The summed E-state index contributed by atoms with van der Waals surface area (Å²) in [6.07, 6.45) is 0. The second-order valence-electron chi connectivity index (χ2n) is 2.72. The maximum atomic E-state index is 11.1. The molecule has 4 heteroatoms. The number of ether oxygens (including phenoxy) is 1. The molecule has 0 amide bonds. The van der Waals surface area contributed by atoms with E-state index in [0.717, 1.165) is 5.56 Å². The van der Waals surface area contributed by atoms with Crippen molar-refractivity contribution in [1.29, 1.82) is 0 Å². The number of nitrogens with two attached hydrogens (primary N) is 1. The lowest BCUT2D eigenvalue weighted by molar-refractivity contribution is 0.0600. The predicted octanol–water partition coefficient (Wildman–Crippen LogP) is 3.70. The first kappa shape index (κ1) is 18.2. The fourth-order valence-electron chi connectivity index (χ4n) is 1.02. The van der Waals surface area contributed by atoms with Crippen LogP contribution in [0.15, 0.2) is 17.0 Å². The smallest absolute Gasteiger partial charge is 0.337 e. The Labute approximate surface area is 110 Å². The maximum absolute atomic E-state index is 11.1. The van der Waals surface area contributed by atoms with Crippen molar-refractivity contribution in [1.82, 2.24) is 0 Å². The number of hydrogen-bond acceptors (Lipinski definition) is 4. The molecule has 0 fully saturated rings. The molecule has 0 aromatic heterocycles. The summed E-state index contributed by atoms with van der Waals surface area (Å²) in [6.45, 7) is 9.82. The van der Waals surface area contributed by atoms with Gasteiger partial charge in [0.2, 0.25) is 0 Å². The van der Waals surface area contributed by atoms with Crippen LogP contribution in [0, 0.1) is 6.92 Å². The lowest BCUT2D eigenvalue weighted by atomic mass is 10.1. The lowest BCUT2D eigenvalue weighted by Crippen LogP contribution is -2.03. The molecule has 98 valence electrons. The first-order chi connectivity index (χ1) is 8.06. The standard InChI is InChI=1S/C9H11NO2S.2C2H6/c1-5-3-6(9(11)12-2)4-7(13)8(5)10;2*1-2/h3-4,13H,10H2,1-2H3;2*1-2H3. The highest BCUT2D eigenvalue weighted by atomic mass is 32.1. The van der Waals surface area contributed by atoms with Crippen molar-refractivity contribution >= 4 is 24.3 Å². The van der Waals surface area contributed by atoms with E-state index in [0.29, 0.717) is 16.1 Å². The van der Waals surface area contributed by atoms with Crippen LogP contribution >= 0.6 is 12.6 Å². The first-order valence-electron chi connectivity index (χ1n) is 5.73. The fourth-order valence-corrected chi connectivity index (χ4v) is 1.33. The normalized spacial score (nSPS) is 8.18. The second kappa shape index (κ2) is 10.0. The Balaban J connectivity index is 0. The van der Waals surface area contributed by atoms with Gasteiger partial charge >= 0.3 is 5.97 Å². The summed E-state index contributed by atoms with van der Waals surface area (Å²) in [5.41, 5.74) is 7.56. The van der Waals surface area contributed by atoms with Crippen molar-refractivity contribution in [2.45, 2.75) is 39.5 Å². The number of hydrogen-bond donors (Lipinski definition) is 2. The van der Waals surface area contributed by atoms with E-state index in [4.69, 9.17) is 5.73 Å². The van der Waals surface area contributed by atoms with Gasteiger partial charge in [0.25, 0.3) is 0 Å². The SMILES string of the molecule is CC.CC.COC(=O)c1cc(C)c(N)c(S)c1. The summed E-state index contributed by atoms with van der Waals surface area (Å²) >= 11 is 4.14. The van der Waals surface area contributed by atoms with Gasteiger partial charge in [-0.15, -0.1) is 12.6 Å². The van der Waals surface area contributed by atoms with Crippen LogP contribution in [0.5, 0.6) is 0 Å². The minimum atomic E-state index is -0.376. The molecule has 17 heavy (non-hydrogen) atoms. The van der Waals surface area contributed by atoms with E-state index in [1.54, 1.807) is 12.1 Å². The largest absolute Gasteiger partial charge is 0.465 e. The molecule has 0 atom stereocenters. The van der Waals surface area contributed by atoms with Gasteiger partial charge in [0.15, 0.2) is 0 Å². The Morgan fingerprint density at radius 2 is 1.71 bits per heavy atom. The van der Waals surface area contributed by atoms with Gasteiger partial charge in [0, 0.05) is 10.6 Å². The quantitative estimate of drug-likeness (QED) is 0.458. The number of esters is 1. The molecule has 1 aromatic carbocycles. The first-order valence-corrected chi connectivity index (χ1v) is 6.18. The molecular formula is C13H23NO2S. The van der Waals surface area contributed by atoms with Crippen molar-refractivity contribution in [2.75, 3.05) is 12.8 Å². The van der Waals surface area contributed by atoms with Crippen molar-refractivity contribution in [3.8, 4) is 0 Å². The highest BCUT2D eigenvalue weighted by Crippen LogP contribution is 2.22. The van der Waals surface area contributed by atoms with Crippen molar-refractivity contribution in [3.05, 3.63) is 23.3 Å². The van der Waals surface area contributed by atoms with Crippen LogP contribution in [0.1, 0.15) is 43.6 Å². The van der Waals surface area contributed by atoms with Crippen LogP contribution in [0.2, 0.25) is 0 Å². The summed E-state index contributed by atoms with van der Waals surface area (Å²) in [7, 11) is 1.34. The Kier molecular flexibility index (Phi) is 10.7. The average molecular weight is 257 g/mol. The van der Waals surface area contributed by atoms with E-state index < -0.39 is 0 Å². The highest BCUT2D eigenvalue weighted by Gasteiger charge is 2.08. The number of anilines is 1. The summed E-state index contributed by atoms with van der Waals surface area (Å²) in [4.78, 5) is 11.7. The van der Waals surface area contributed by atoms with Crippen LogP contribution in [0.4, 0.5) is 5.69 Å². The van der Waals surface area contributed by atoms with Crippen LogP contribution in [0.25, 0.3) is 0 Å². The van der Waals surface area contributed by atoms with Crippen LogP contribution in [0.3, 0.4) is 0 Å². The Bertz CT molecular complexity index is 328. The van der Waals surface area contributed by atoms with Gasteiger partial charge in [-0.05, 0) is 24.6 Å². The molecule has 0 saturated heterocycles. The summed E-state index contributed by atoms with van der Waals surface area (Å²) < 4.78 is 4.57. The summed E-state index contributed by atoms with van der Waals surface area (Å²) in [6, 6.07) is 3.28. The van der Waals surface area contributed by atoms with E-state index in [1.165, 1.54) is 7.11 Å². The van der Waals surface area contributed by atoms with Gasteiger partial charge in [0.1, 0.15) is 0 Å². The summed E-state index contributed by atoms with van der Waals surface area (Å²) in [5.74, 6) is -0.376. The van der Waals surface area contributed by atoms with Crippen LogP contribution < -0.4 is 5.73 Å². The highest BCUT2D eigenvalue weighted by molar-refractivity contribution is 7.80. The number of carbonyl (C=O) groups excluding carboxylic acids is 1.